The van der Waals surface area contributed by atoms with Gasteiger partial charge in [0.05, 0.1) is 0 Å². The van der Waals surface area contributed by atoms with Gasteiger partial charge in [0.15, 0.2) is 0 Å². The molecule has 0 aromatic rings. The van der Waals surface area contributed by atoms with Gasteiger partial charge >= 0.3 is 29.6 Å². The van der Waals surface area contributed by atoms with Crippen molar-refractivity contribution in [2.75, 3.05) is 0 Å². The first-order chi connectivity index (χ1) is 5.56. The number of hydrogen-bond donors (Lipinski definition) is 0. The molecule has 5 heteroatoms. The first kappa shape index (κ1) is 16.1. The summed E-state index contributed by atoms with van der Waals surface area (Å²) in [6, 6.07) is 0. The Labute approximate surface area is 103 Å². The Morgan fingerprint density at radius 3 is 2.31 bits per heavy atom. The van der Waals surface area contributed by atoms with Crippen molar-refractivity contribution in [1.82, 2.24) is 0 Å². The molecule has 0 aromatic carbocycles. The normalized spacial score (nSPS) is 11.5. The third kappa shape index (κ3) is 15.4. The van der Waals surface area contributed by atoms with Crippen LogP contribution in [-0.4, -0.2) is 13.0 Å². The minimum Gasteiger partial charge on any atom is -0.744 e. The van der Waals surface area contributed by atoms with Crippen molar-refractivity contribution in [3.05, 3.63) is 11.5 Å². The molecule has 0 saturated heterocycles. The SMILES string of the molecule is CCCCCCC=CS(=O)(=O)[O-].[Na+]. The van der Waals surface area contributed by atoms with Crippen molar-refractivity contribution in [3.63, 3.8) is 0 Å². The summed E-state index contributed by atoms with van der Waals surface area (Å²) in [4.78, 5) is 0. The Bertz CT molecular complexity index is 222. The van der Waals surface area contributed by atoms with E-state index < -0.39 is 10.1 Å². The van der Waals surface area contributed by atoms with Gasteiger partial charge in [-0.3, -0.25) is 0 Å². The van der Waals surface area contributed by atoms with Gasteiger partial charge < -0.3 is 4.55 Å². The number of rotatable bonds is 6. The molecule has 0 amide bonds. The van der Waals surface area contributed by atoms with E-state index in [1.807, 2.05) is 0 Å². The first-order valence-electron chi connectivity index (χ1n) is 4.18. The van der Waals surface area contributed by atoms with Crippen LogP contribution in [0.4, 0.5) is 0 Å². The maximum Gasteiger partial charge on any atom is 1.00 e. The third-order valence-corrected chi connectivity index (χ3v) is 2.01. The molecule has 0 unspecified atom stereocenters. The molecule has 0 atom stereocenters. The second-order valence-electron chi connectivity index (χ2n) is 2.71. The van der Waals surface area contributed by atoms with Crippen molar-refractivity contribution in [3.8, 4) is 0 Å². The molecule has 0 N–H and O–H groups in total. The predicted octanol–water partition coefficient (Wildman–Crippen LogP) is -0.980. The zero-order valence-electron chi connectivity index (χ0n) is 8.32. The van der Waals surface area contributed by atoms with Gasteiger partial charge in [0.2, 0.25) is 0 Å². The summed E-state index contributed by atoms with van der Waals surface area (Å²) in [6.07, 6.45) is 6.49. The fourth-order valence-corrected chi connectivity index (χ4v) is 1.25. The van der Waals surface area contributed by atoms with Crippen molar-refractivity contribution in [1.29, 1.82) is 0 Å². The first-order valence-corrected chi connectivity index (χ1v) is 5.66. The molecule has 0 aliphatic rings. The second-order valence-corrected chi connectivity index (χ2v) is 3.97. The molecule has 13 heavy (non-hydrogen) atoms. The van der Waals surface area contributed by atoms with Crippen molar-refractivity contribution in [2.24, 2.45) is 0 Å². The van der Waals surface area contributed by atoms with Crippen LogP contribution < -0.4 is 29.6 Å². The van der Waals surface area contributed by atoms with E-state index in [-0.39, 0.29) is 29.6 Å². The summed E-state index contributed by atoms with van der Waals surface area (Å²) in [7, 11) is -4.15. The Balaban J connectivity index is 0. The van der Waals surface area contributed by atoms with Crippen molar-refractivity contribution < 1.29 is 42.5 Å². The number of unbranched alkanes of at least 4 members (excludes halogenated alkanes) is 4. The van der Waals surface area contributed by atoms with E-state index in [4.69, 9.17) is 0 Å². The van der Waals surface area contributed by atoms with Crippen LogP contribution in [0.3, 0.4) is 0 Å². The Kier molecular flexibility index (Phi) is 11.4. The standard InChI is InChI=1S/C8H16O3S.Na/c1-2-3-4-5-6-7-8-12(9,10)11;/h7-8H,2-6H2,1H3,(H,9,10,11);/q;+1/p-1. The van der Waals surface area contributed by atoms with Gasteiger partial charge in [-0.15, -0.1) is 0 Å². The minimum absolute atomic E-state index is 0. The van der Waals surface area contributed by atoms with Crippen LogP contribution in [0.1, 0.15) is 39.0 Å². The summed E-state index contributed by atoms with van der Waals surface area (Å²) in [6.45, 7) is 2.11. The molecule has 0 aliphatic heterocycles. The molecule has 72 valence electrons. The molecule has 0 spiro atoms. The average molecular weight is 214 g/mol. The van der Waals surface area contributed by atoms with Crippen LogP contribution in [0.5, 0.6) is 0 Å². The van der Waals surface area contributed by atoms with Crippen LogP contribution in [0, 0.1) is 0 Å². The Hall–Kier alpha value is 0.650. The molecule has 0 saturated carbocycles. The van der Waals surface area contributed by atoms with Gasteiger partial charge in [-0.25, -0.2) is 8.42 Å². The van der Waals surface area contributed by atoms with Gasteiger partial charge in [-0.05, 0) is 12.8 Å². The molecule has 0 radical (unpaired) electrons. The molecule has 0 fully saturated rings. The number of hydrogen-bond acceptors (Lipinski definition) is 3. The fraction of sp³-hybridized carbons (Fsp3) is 0.750. The van der Waals surface area contributed by atoms with Gasteiger partial charge in [-0.1, -0.05) is 32.3 Å². The summed E-state index contributed by atoms with van der Waals surface area (Å²) in [5.74, 6) is 0. The van der Waals surface area contributed by atoms with E-state index in [2.05, 4.69) is 6.92 Å². The summed E-state index contributed by atoms with van der Waals surface area (Å²) < 4.78 is 30.2. The smallest absolute Gasteiger partial charge is 0.744 e. The molecule has 3 nitrogen and oxygen atoms in total. The van der Waals surface area contributed by atoms with Gasteiger partial charge in [0.1, 0.15) is 10.1 Å². The van der Waals surface area contributed by atoms with Gasteiger partial charge in [0, 0.05) is 5.41 Å². The van der Waals surface area contributed by atoms with Gasteiger partial charge in [-0.2, -0.15) is 0 Å². The van der Waals surface area contributed by atoms with E-state index in [9.17, 15) is 13.0 Å². The van der Waals surface area contributed by atoms with Crippen molar-refractivity contribution in [2.45, 2.75) is 39.0 Å². The zero-order chi connectivity index (χ0) is 9.45. The predicted molar refractivity (Wildman–Crippen MR) is 47.6 cm³/mol. The molecular formula is C8H15NaO3S. The molecule has 0 heterocycles. The average Bonchev–Trinajstić information content (AvgIpc) is 1.94. The van der Waals surface area contributed by atoms with Crippen LogP contribution in [0.15, 0.2) is 11.5 Å². The molecule has 0 bridgehead atoms. The molecule has 0 rings (SSSR count). The van der Waals surface area contributed by atoms with Gasteiger partial charge in [0.25, 0.3) is 0 Å². The summed E-state index contributed by atoms with van der Waals surface area (Å²) >= 11 is 0. The van der Waals surface area contributed by atoms with Crippen molar-refractivity contribution >= 4 is 10.1 Å². The van der Waals surface area contributed by atoms with Crippen LogP contribution in [-0.2, 0) is 10.1 Å². The van der Waals surface area contributed by atoms with E-state index in [0.29, 0.717) is 6.42 Å². The maximum absolute atomic E-state index is 10.1. The Morgan fingerprint density at radius 2 is 1.85 bits per heavy atom. The zero-order valence-corrected chi connectivity index (χ0v) is 11.1. The quantitative estimate of drug-likeness (QED) is 0.324. The van der Waals surface area contributed by atoms with E-state index in [1.54, 1.807) is 0 Å². The largest absolute Gasteiger partial charge is 1.00 e. The summed E-state index contributed by atoms with van der Waals surface area (Å²) in [5.41, 5.74) is 0. The van der Waals surface area contributed by atoms with E-state index in [0.717, 1.165) is 31.1 Å². The van der Waals surface area contributed by atoms with E-state index in [1.165, 1.54) is 6.08 Å². The van der Waals surface area contributed by atoms with E-state index >= 15 is 0 Å². The van der Waals surface area contributed by atoms with Crippen LogP contribution in [0.25, 0.3) is 0 Å². The molecular weight excluding hydrogens is 199 g/mol. The Morgan fingerprint density at radius 1 is 1.23 bits per heavy atom. The maximum atomic E-state index is 10.1. The number of allylic oxidation sites excluding steroid dienone is 1. The monoisotopic (exact) mass is 214 g/mol. The van der Waals surface area contributed by atoms with Crippen LogP contribution >= 0.6 is 0 Å². The molecule has 0 aromatic heterocycles. The topological polar surface area (TPSA) is 57.2 Å². The summed E-state index contributed by atoms with van der Waals surface area (Å²) in [5, 5.41) is 0.735. The fourth-order valence-electron chi connectivity index (χ4n) is 0.875. The third-order valence-electron chi connectivity index (χ3n) is 1.49. The van der Waals surface area contributed by atoms with Crippen LogP contribution in [0.2, 0.25) is 0 Å². The molecule has 0 aliphatic carbocycles. The second kappa shape index (κ2) is 9.21. The minimum atomic E-state index is -4.15.